The fraction of sp³-hybridized carbons (Fsp3) is 0.708. The van der Waals surface area contributed by atoms with Crippen LogP contribution in [0.25, 0.3) is 0 Å². The van der Waals surface area contributed by atoms with Gasteiger partial charge in [0.15, 0.2) is 8.32 Å². The van der Waals surface area contributed by atoms with E-state index in [0.29, 0.717) is 18.5 Å². The largest absolute Gasteiger partial charge is 0.534 e. The van der Waals surface area contributed by atoms with Crippen molar-refractivity contribution >= 4 is 47.5 Å². The van der Waals surface area contributed by atoms with Gasteiger partial charge in [-0.1, -0.05) is 44.0 Å². The van der Waals surface area contributed by atoms with E-state index in [0.717, 1.165) is 37.8 Å². The molecule has 1 aromatic rings. The summed E-state index contributed by atoms with van der Waals surface area (Å²) in [6, 6.07) is 2.07. The number of hydrogen-bond acceptors (Lipinski definition) is 5. The summed E-state index contributed by atoms with van der Waals surface area (Å²) in [5.41, 5.74) is -5.22. The molecule has 1 aliphatic carbocycles. The van der Waals surface area contributed by atoms with Crippen LogP contribution < -0.4 is 4.18 Å². The van der Waals surface area contributed by atoms with Gasteiger partial charge in [-0.2, -0.15) is 21.6 Å². The van der Waals surface area contributed by atoms with Gasteiger partial charge in [0.05, 0.1) is 0 Å². The van der Waals surface area contributed by atoms with Gasteiger partial charge in [0.1, 0.15) is 5.75 Å². The molecule has 1 atom stereocenters. The molecule has 1 saturated carbocycles. The molecule has 13 heteroatoms. The number of nitrogens with zero attached hydrogens (tertiary/aromatic N) is 1. The zero-order chi connectivity index (χ0) is 28.0. The maximum atomic E-state index is 13.2. The molecule has 210 valence electrons. The molecule has 0 radical (unpaired) electrons. The third-order valence-electron chi connectivity index (χ3n) is 7.76. The minimum absolute atomic E-state index is 0.000809. The summed E-state index contributed by atoms with van der Waals surface area (Å²) in [4.78, 5) is 15.1. The molecule has 37 heavy (non-hydrogen) atoms. The molecule has 1 aromatic carbocycles. The topological polar surface area (TPSA) is 72.9 Å². The average Bonchev–Trinajstić information content (AvgIpc) is 3.09. The van der Waals surface area contributed by atoms with Gasteiger partial charge in [-0.05, 0) is 62.2 Å². The molecule has 2 fully saturated rings. The lowest BCUT2D eigenvalue weighted by Crippen LogP contribution is -2.47. The fourth-order valence-electron chi connectivity index (χ4n) is 4.63. The second kappa shape index (κ2) is 10.9. The first kappa shape index (κ1) is 30.5. The molecule has 1 saturated heterocycles. The summed E-state index contributed by atoms with van der Waals surface area (Å²) < 4.78 is 71.1. The molecular weight excluding hydrogens is 570 g/mol. The lowest BCUT2D eigenvalue weighted by atomic mass is 9.92. The first-order valence-corrected chi connectivity index (χ1v) is 17.4. The number of benzene rings is 1. The van der Waals surface area contributed by atoms with Gasteiger partial charge >= 0.3 is 15.6 Å². The van der Waals surface area contributed by atoms with Crippen molar-refractivity contribution in [2.75, 3.05) is 6.54 Å². The Hall–Kier alpha value is -1.01. The molecule has 0 N–H and O–H groups in total. The quantitative estimate of drug-likeness (QED) is 0.192. The van der Waals surface area contributed by atoms with Crippen molar-refractivity contribution in [2.24, 2.45) is 5.92 Å². The van der Waals surface area contributed by atoms with E-state index in [1.165, 1.54) is 0 Å². The Balaban J connectivity index is 1.61. The van der Waals surface area contributed by atoms with Crippen LogP contribution >= 0.6 is 23.2 Å². The van der Waals surface area contributed by atoms with E-state index in [1.54, 1.807) is 0 Å². The van der Waals surface area contributed by atoms with Crippen molar-refractivity contribution in [1.82, 2.24) is 4.90 Å². The molecule has 0 spiro atoms. The highest BCUT2D eigenvalue weighted by Crippen LogP contribution is 2.41. The van der Waals surface area contributed by atoms with Crippen molar-refractivity contribution in [1.29, 1.82) is 0 Å². The second-order valence-corrected chi connectivity index (χ2v) is 18.5. The van der Waals surface area contributed by atoms with E-state index in [2.05, 4.69) is 38.0 Å². The zero-order valence-electron chi connectivity index (χ0n) is 21.6. The highest BCUT2D eigenvalue weighted by molar-refractivity contribution is 7.88. The average molecular weight is 605 g/mol. The van der Waals surface area contributed by atoms with Crippen LogP contribution in [-0.4, -0.2) is 51.7 Å². The van der Waals surface area contributed by atoms with Crippen LogP contribution in [0, 0.1) is 5.92 Å². The van der Waals surface area contributed by atoms with E-state index in [4.69, 9.17) is 27.6 Å². The van der Waals surface area contributed by atoms with Crippen LogP contribution in [0.4, 0.5) is 13.2 Å². The summed E-state index contributed by atoms with van der Waals surface area (Å²) >= 11 is 12.4. The Morgan fingerprint density at radius 3 is 2.05 bits per heavy atom. The first-order valence-electron chi connectivity index (χ1n) is 12.3. The predicted octanol–water partition coefficient (Wildman–Crippen LogP) is 6.95. The van der Waals surface area contributed by atoms with Crippen LogP contribution in [0.5, 0.6) is 5.75 Å². The molecule has 6 nitrogen and oxygen atoms in total. The van der Waals surface area contributed by atoms with Crippen molar-refractivity contribution < 1.29 is 35.0 Å². The Bertz CT molecular complexity index is 1090. The lowest BCUT2D eigenvalue weighted by molar-refractivity contribution is -0.133. The van der Waals surface area contributed by atoms with Gasteiger partial charge < -0.3 is 13.5 Å². The number of carbonyl (C=O) groups excluding carboxylic acids is 1. The van der Waals surface area contributed by atoms with Crippen molar-refractivity contribution in [3.05, 3.63) is 27.7 Å². The summed E-state index contributed by atoms with van der Waals surface area (Å²) in [6.45, 7) is 11.8. The number of halogens is 5. The maximum Gasteiger partial charge on any atom is 0.534 e. The second-order valence-electron chi connectivity index (χ2n) is 11.4. The van der Waals surface area contributed by atoms with Crippen LogP contribution in [0.15, 0.2) is 12.1 Å². The molecule has 1 amide bonds. The Morgan fingerprint density at radius 2 is 1.57 bits per heavy atom. The van der Waals surface area contributed by atoms with Crippen LogP contribution in [0.2, 0.25) is 28.2 Å². The van der Waals surface area contributed by atoms with Crippen molar-refractivity contribution in [2.45, 2.75) is 95.1 Å². The van der Waals surface area contributed by atoms with Gasteiger partial charge in [-0.3, -0.25) is 4.79 Å². The highest BCUT2D eigenvalue weighted by Gasteiger charge is 2.49. The molecule has 1 heterocycles. The standard InChI is InChI=1S/C24H34Cl2F3NO5SSi/c1-23(2,3)37(4,5)35-17-8-6-16(7-9-17)30-11-10-15(22(30)31)12-19-20(25)13-18(14-21(19)26)34-36(32,33)24(27,28)29/h13-17H,6-12H2,1-5H3/t15?,16-,17+. The van der Waals surface area contributed by atoms with E-state index < -0.39 is 29.7 Å². The van der Waals surface area contributed by atoms with Gasteiger partial charge in [-0.25, -0.2) is 0 Å². The van der Waals surface area contributed by atoms with Gasteiger partial charge in [-0.15, -0.1) is 0 Å². The summed E-state index contributed by atoms with van der Waals surface area (Å²) in [7, 11) is -7.71. The maximum absolute atomic E-state index is 13.2. The Labute approximate surface area is 228 Å². The number of amides is 1. The third kappa shape index (κ3) is 6.95. The first-order chi connectivity index (χ1) is 16.8. The van der Waals surface area contributed by atoms with E-state index in [-0.39, 0.29) is 45.5 Å². The minimum Gasteiger partial charge on any atom is -0.414 e. The lowest BCUT2D eigenvalue weighted by Gasteiger charge is -2.42. The fourth-order valence-corrected chi connectivity index (χ4v) is 7.11. The van der Waals surface area contributed by atoms with Crippen molar-refractivity contribution in [3.63, 3.8) is 0 Å². The smallest absolute Gasteiger partial charge is 0.414 e. The van der Waals surface area contributed by atoms with Gasteiger partial charge in [0.2, 0.25) is 5.91 Å². The van der Waals surface area contributed by atoms with E-state index in [9.17, 15) is 26.4 Å². The molecular formula is C24H34Cl2F3NO5SSi. The Kier molecular flexibility index (Phi) is 8.96. The summed E-state index contributed by atoms with van der Waals surface area (Å²) in [5, 5.41) is 0.0189. The summed E-state index contributed by atoms with van der Waals surface area (Å²) in [5.74, 6) is -1.02. The molecule has 0 aromatic heterocycles. The van der Waals surface area contributed by atoms with E-state index >= 15 is 0 Å². The molecule has 1 aliphatic heterocycles. The SMILES string of the molecule is CC(C)(C)[Si](C)(C)O[C@H]1CC[C@@H](N2CCC(Cc3c(Cl)cc(OS(=O)(=O)C(F)(F)F)cc3Cl)C2=O)CC1. The number of alkyl halides is 3. The van der Waals surface area contributed by atoms with Gasteiger partial charge in [0.25, 0.3) is 0 Å². The summed E-state index contributed by atoms with van der Waals surface area (Å²) in [6.07, 6.45) is 4.58. The normalized spacial score (nSPS) is 24.0. The number of hydrogen-bond donors (Lipinski definition) is 0. The van der Waals surface area contributed by atoms with Crippen LogP contribution in [-0.2, 0) is 25.8 Å². The molecule has 2 aliphatic rings. The van der Waals surface area contributed by atoms with E-state index in [1.807, 2.05) is 4.90 Å². The molecule has 1 unspecified atom stereocenters. The zero-order valence-corrected chi connectivity index (χ0v) is 25.0. The third-order valence-corrected chi connectivity index (χ3v) is 13.9. The number of carbonyl (C=O) groups is 1. The van der Waals surface area contributed by atoms with Crippen LogP contribution in [0.1, 0.15) is 58.4 Å². The predicted molar refractivity (Wildman–Crippen MR) is 140 cm³/mol. The number of rotatable bonds is 7. The molecule has 3 rings (SSSR count). The van der Waals surface area contributed by atoms with Gasteiger partial charge in [0, 0.05) is 46.8 Å². The molecule has 0 bridgehead atoms. The number of likely N-dealkylation sites (tertiary alicyclic amines) is 1. The monoisotopic (exact) mass is 603 g/mol. The van der Waals surface area contributed by atoms with Crippen LogP contribution in [0.3, 0.4) is 0 Å². The van der Waals surface area contributed by atoms with Crippen molar-refractivity contribution in [3.8, 4) is 5.75 Å². The minimum atomic E-state index is -5.85. The highest BCUT2D eigenvalue weighted by atomic mass is 35.5. The Morgan fingerprint density at radius 1 is 1.03 bits per heavy atom.